The van der Waals surface area contributed by atoms with Crippen LogP contribution in [0.1, 0.15) is 31.4 Å². The monoisotopic (exact) mass is 275 g/mol. The Morgan fingerprint density at radius 1 is 1.30 bits per heavy atom. The van der Waals surface area contributed by atoms with Gasteiger partial charge in [-0.05, 0) is 36.1 Å². The van der Waals surface area contributed by atoms with Gasteiger partial charge in [-0.15, -0.1) is 0 Å². The van der Waals surface area contributed by atoms with Gasteiger partial charge in [0.1, 0.15) is 5.82 Å². The van der Waals surface area contributed by atoms with Gasteiger partial charge < -0.3 is 5.73 Å². The second-order valence-corrected chi connectivity index (χ2v) is 5.90. The molecule has 0 saturated carbocycles. The van der Waals surface area contributed by atoms with E-state index in [4.69, 9.17) is 5.73 Å². The molecule has 0 aliphatic carbocycles. The van der Waals surface area contributed by atoms with Gasteiger partial charge in [0, 0.05) is 24.7 Å². The summed E-state index contributed by atoms with van der Waals surface area (Å²) in [7, 11) is 1.91. The van der Waals surface area contributed by atoms with Crippen molar-refractivity contribution < 1.29 is 4.39 Å². The lowest BCUT2D eigenvalue weighted by Gasteiger charge is -2.32. The lowest BCUT2D eigenvalue weighted by molar-refractivity contribution is 0.388. The summed E-state index contributed by atoms with van der Waals surface area (Å²) in [5.74, 6) is -0.214. The highest BCUT2D eigenvalue weighted by Crippen LogP contribution is 2.28. The maximum atomic E-state index is 13.0. The van der Waals surface area contributed by atoms with E-state index >= 15 is 0 Å². The van der Waals surface area contributed by atoms with Crippen LogP contribution < -0.4 is 5.73 Å². The van der Waals surface area contributed by atoms with E-state index in [1.165, 1.54) is 17.7 Å². The Kier molecular flexibility index (Phi) is 4.23. The first-order valence-corrected chi connectivity index (χ1v) is 6.89. The highest BCUT2D eigenvalue weighted by atomic mass is 19.1. The molecule has 0 spiro atoms. The van der Waals surface area contributed by atoms with Crippen LogP contribution in [-0.4, -0.2) is 15.8 Å². The van der Waals surface area contributed by atoms with Crippen molar-refractivity contribution in [2.75, 3.05) is 0 Å². The Morgan fingerprint density at radius 2 is 1.95 bits per heavy atom. The molecular formula is C16H22FN3. The average molecular weight is 275 g/mol. The van der Waals surface area contributed by atoms with Crippen LogP contribution in [0.15, 0.2) is 36.7 Å². The average Bonchev–Trinajstić information content (AvgIpc) is 2.82. The quantitative estimate of drug-likeness (QED) is 0.912. The first-order valence-electron chi connectivity index (χ1n) is 6.89. The maximum Gasteiger partial charge on any atom is 0.123 e. The van der Waals surface area contributed by atoms with Crippen LogP contribution in [0, 0.1) is 5.82 Å². The van der Waals surface area contributed by atoms with Gasteiger partial charge in [-0.3, -0.25) is 4.68 Å². The zero-order valence-corrected chi connectivity index (χ0v) is 12.3. The van der Waals surface area contributed by atoms with E-state index in [1.807, 2.05) is 31.6 Å². The van der Waals surface area contributed by atoms with Gasteiger partial charge in [0.15, 0.2) is 0 Å². The molecule has 2 N–H and O–H groups in total. The predicted molar refractivity (Wildman–Crippen MR) is 78.9 cm³/mol. The Morgan fingerprint density at radius 3 is 2.50 bits per heavy atom. The molecule has 0 radical (unpaired) electrons. The fourth-order valence-corrected chi connectivity index (χ4v) is 2.38. The molecular weight excluding hydrogens is 253 g/mol. The lowest BCUT2D eigenvalue weighted by atomic mass is 9.76. The van der Waals surface area contributed by atoms with Crippen molar-refractivity contribution in [3.05, 3.63) is 53.6 Å². The zero-order chi connectivity index (χ0) is 14.8. The smallest absolute Gasteiger partial charge is 0.123 e. The van der Waals surface area contributed by atoms with E-state index in [0.717, 1.165) is 18.4 Å². The highest BCUT2D eigenvalue weighted by molar-refractivity contribution is 5.26. The first-order chi connectivity index (χ1) is 9.39. The first kappa shape index (κ1) is 14.7. The Bertz CT molecular complexity index is 557. The van der Waals surface area contributed by atoms with E-state index in [9.17, 15) is 4.39 Å². The normalized spacial score (nSPS) is 13.4. The van der Waals surface area contributed by atoms with Gasteiger partial charge in [0.05, 0.1) is 6.20 Å². The van der Waals surface area contributed by atoms with Crippen molar-refractivity contribution in [3.8, 4) is 0 Å². The molecule has 4 heteroatoms. The van der Waals surface area contributed by atoms with Crippen LogP contribution in [0.25, 0.3) is 0 Å². The second kappa shape index (κ2) is 5.75. The molecule has 0 amide bonds. The van der Waals surface area contributed by atoms with Gasteiger partial charge >= 0.3 is 0 Å². The third kappa shape index (κ3) is 3.25. The van der Waals surface area contributed by atoms with E-state index in [2.05, 4.69) is 18.9 Å². The van der Waals surface area contributed by atoms with Gasteiger partial charge in [0.2, 0.25) is 0 Å². The maximum absolute atomic E-state index is 13.0. The van der Waals surface area contributed by atoms with Crippen molar-refractivity contribution >= 4 is 0 Å². The number of hydrogen-bond acceptors (Lipinski definition) is 2. The van der Waals surface area contributed by atoms with E-state index in [1.54, 1.807) is 4.68 Å². The van der Waals surface area contributed by atoms with Gasteiger partial charge in [-0.1, -0.05) is 26.0 Å². The minimum atomic E-state index is -0.214. The van der Waals surface area contributed by atoms with Crippen molar-refractivity contribution in [2.24, 2.45) is 12.8 Å². The topological polar surface area (TPSA) is 43.8 Å². The van der Waals surface area contributed by atoms with Crippen molar-refractivity contribution in [3.63, 3.8) is 0 Å². The molecule has 2 rings (SSSR count). The number of rotatable bonds is 5. The molecule has 108 valence electrons. The van der Waals surface area contributed by atoms with Crippen molar-refractivity contribution in [2.45, 2.75) is 38.1 Å². The Hall–Kier alpha value is -1.68. The largest absolute Gasteiger partial charge is 0.327 e. The Labute approximate surface area is 119 Å². The molecule has 0 saturated heterocycles. The van der Waals surface area contributed by atoms with Crippen LogP contribution in [0.4, 0.5) is 4.39 Å². The Balaban J connectivity index is 2.03. The minimum absolute atomic E-state index is 0.00756. The molecule has 2 aromatic rings. The molecule has 0 bridgehead atoms. The molecule has 0 aliphatic rings. The summed E-state index contributed by atoms with van der Waals surface area (Å²) < 4.78 is 14.8. The second-order valence-electron chi connectivity index (χ2n) is 5.90. The van der Waals surface area contributed by atoms with E-state index < -0.39 is 0 Å². The van der Waals surface area contributed by atoms with Gasteiger partial charge in [0.25, 0.3) is 0 Å². The molecule has 1 heterocycles. The third-order valence-corrected chi connectivity index (χ3v) is 4.02. The van der Waals surface area contributed by atoms with E-state index in [0.29, 0.717) is 0 Å². The number of benzene rings is 1. The molecule has 0 aliphatic heterocycles. The summed E-state index contributed by atoms with van der Waals surface area (Å²) >= 11 is 0. The highest BCUT2D eigenvalue weighted by Gasteiger charge is 2.28. The van der Waals surface area contributed by atoms with Gasteiger partial charge in [-0.25, -0.2) is 4.39 Å². The number of hydrogen-bond donors (Lipinski definition) is 1. The molecule has 0 fully saturated rings. The lowest BCUT2D eigenvalue weighted by Crippen LogP contribution is -2.41. The molecule has 20 heavy (non-hydrogen) atoms. The summed E-state index contributed by atoms with van der Waals surface area (Å²) in [5, 5.41) is 4.16. The predicted octanol–water partition coefficient (Wildman–Crippen LogP) is 2.80. The standard InChI is InChI=1S/C16H22FN3/c1-16(2,13-5-7-14(17)8-6-13)15(18)9-4-12-10-19-20(3)11-12/h5-8,10-11,15H,4,9,18H2,1-3H3. The van der Waals surface area contributed by atoms with Crippen LogP contribution in [0.3, 0.4) is 0 Å². The number of nitrogens with two attached hydrogens (primary N) is 1. The number of nitrogens with zero attached hydrogens (tertiary/aromatic N) is 2. The van der Waals surface area contributed by atoms with Crippen molar-refractivity contribution in [1.82, 2.24) is 9.78 Å². The van der Waals surface area contributed by atoms with E-state index in [-0.39, 0.29) is 17.3 Å². The fourth-order valence-electron chi connectivity index (χ4n) is 2.38. The zero-order valence-electron chi connectivity index (χ0n) is 12.3. The third-order valence-electron chi connectivity index (χ3n) is 4.02. The van der Waals surface area contributed by atoms with Crippen LogP contribution >= 0.6 is 0 Å². The summed E-state index contributed by atoms with van der Waals surface area (Å²) in [6.07, 6.45) is 5.66. The van der Waals surface area contributed by atoms with Crippen LogP contribution in [0.5, 0.6) is 0 Å². The molecule has 1 unspecified atom stereocenters. The summed E-state index contributed by atoms with van der Waals surface area (Å²) in [5.41, 5.74) is 8.43. The van der Waals surface area contributed by atoms with Crippen LogP contribution in [-0.2, 0) is 18.9 Å². The molecule has 1 atom stereocenters. The summed E-state index contributed by atoms with van der Waals surface area (Å²) in [6.45, 7) is 4.21. The van der Waals surface area contributed by atoms with Gasteiger partial charge in [-0.2, -0.15) is 5.10 Å². The summed E-state index contributed by atoms with van der Waals surface area (Å²) in [6, 6.07) is 6.63. The SMILES string of the molecule is Cn1cc(CCC(N)C(C)(C)c2ccc(F)cc2)cn1. The number of halogens is 1. The number of aromatic nitrogens is 2. The molecule has 3 nitrogen and oxygen atoms in total. The summed E-state index contributed by atoms with van der Waals surface area (Å²) in [4.78, 5) is 0. The molecule has 1 aromatic carbocycles. The molecule has 1 aromatic heterocycles. The van der Waals surface area contributed by atoms with Crippen molar-refractivity contribution in [1.29, 1.82) is 0 Å². The van der Waals surface area contributed by atoms with Crippen LogP contribution in [0.2, 0.25) is 0 Å². The fraction of sp³-hybridized carbons (Fsp3) is 0.438. The minimum Gasteiger partial charge on any atom is -0.327 e. The number of aryl methyl sites for hydroxylation is 2.